The lowest BCUT2D eigenvalue weighted by atomic mass is 10.1. The molecule has 0 saturated heterocycles. The van der Waals surface area contributed by atoms with Gasteiger partial charge in [0.2, 0.25) is 0 Å². The zero-order valence-electron chi connectivity index (χ0n) is 16.0. The molecule has 1 N–H and O–H groups in total. The molecular weight excluding hydrogens is 374 g/mol. The normalized spacial score (nSPS) is 10.5. The lowest BCUT2D eigenvalue weighted by Gasteiger charge is -2.14. The first-order chi connectivity index (χ1) is 13.5. The number of ketones is 1. The molecule has 0 unspecified atom stereocenters. The van der Waals surface area contributed by atoms with Crippen molar-refractivity contribution in [2.75, 3.05) is 11.9 Å². The number of carbonyl (C=O) groups excluding carboxylic acids is 2. The van der Waals surface area contributed by atoms with Crippen LogP contribution in [0, 0.1) is 6.92 Å². The topological polar surface area (TPSA) is 81.2 Å². The highest BCUT2D eigenvalue weighted by Crippen LogP contribution is 2.26. The predicted octanol–water partition coefficient (Wildman–Crippen LogP) is 4.57. The predicted molar refractivity (Wildman–Crippen MR) is 110 cm³/mol. The molecule has 6 nitrogen and oxygen atoms in total. The summed E-state index contributed by atoms with van der Waals surface area (Å²) in [5, 5.41) is 7.32. The molecule has 0 radical (unpaired) electrons. The fourth-order valence-electron chi connectivity index (χ4n) is 2.80. The number of anilines is 2. The van der Waals surface area contributed by atoms with E-state index in [1.807, 2.05) is 23.8 Å². The highest BCUT2D eigenvalue weighted by Gasteiger charge is 2.17. The number of hydrogen-bond donors (Lipinski definition) is 1. The van der Waals surface area contributed by atoms with Gasteiger partial charge >= 0.3 is 5.97 Å². The SMILES string of the molecule is CCOC(=O)C(=O)c1ccc(Nc2nc(-c3ccsc3)nc(C)c2CC)cc1. The molecule has 0 bridgehead atoms. The average molecular weight is 395 g/mol. The van der Waals surface area contributed by atoms with E-state index in [1.165, 1.54) is 0 Å². The van der Waals surface area contributed by atoms with Gasteiger partial charge in [0, 0.05) is 33.5 Å². The second-order valence-corrected chi connectivity index (χ2v) is 6.86. The van der Waals surface area contributed by atoms with Crippen LogP contribution in [0.3, 0.4) is 0 Å². The molecule has 28 heavy (non-hydrogen) atoms. The molecule has 0 atom stereocenters. The fraction of sp³-hybridized carbons (Fsp3) is 0.238. The first-order valence-corrected chi connectivity index (χ1v) is 9.96. The monoisotopic (exact) mass is 395 g/mol. The summed E-state index contributed by atoms with van der Waals surface area (Å²) < 4.78 is 4.76. The molecule has 1 aromatic carbocycles. The maximum absolute atomic E-state index is 12.0. The van der Waals surface area contributed by atoms with E-state index < -0.39 is 11.8 Å². The number of aromatic nitrogens is 2. The van der Waals surface area contributed by atoms with Crippen molar-refractivity contribution in [2.24, 2.45) is 0 Å². The van der Waals surface area contributed by atoms with Gasteiger partial charge in [0.05, 0.1) is 6.61 Å². The first kappa shape index (κ1) is 19.7. The van der Waals surface area contributed by atoms with Gasteiger partial charge in [0.15, 0.2) is 5.82 Å². The van der Waals surface area contributed by atoms with E-state index in [0.717, 1.165) is 34.7 Å². The zero-order valence-corrected chi connectivity index (χ0v) is 16.8. The number of esters is 1. The number of benzene rings is 1. The Hall–Kier alpha value is -3.06. The molecule has 144 valence electrons. The van der Waals surface area contributed by atoms with Crippen molar-refractivity contribution in [2.45, 2.75) is 27.2 Å². The number of rotatable bonds is 7. The minimum Gasteiger partial charge on any atom is -0.460 e. The molecule has 0 aliphatic heterocycles. The molecular formula is C21H21N3O3S. The molecule has 2 heterocycles. The average Bonchev–Trinajstić information content (AvgIpc) is 3.23. The van der Waals surface area contributed by atoms with Crippen molar-refractivity contribution in [3.05, 3.63) is 57.9 Å². The standard InChI is InChI=1S/C21H21N3O3S/c1-4-17-13(3)22-19(15-10-11-28-12-15)24-20(17)23-16-8-6-14(7-9-16)18(25)21(26)27-5-2/h6-12H,4-5H2,1-3H3,(H,22,23,24). The summed E-state index contributed by atoms with van der Waals surface area (Å²) in [6, 6.07) is 8.67. The third-order valence-corrected chi connectivity index (χ3v) is 4.90. The molecule has 0 saturated carbocycles. The van der Waals surface area contributed by atoms with Crippen LogP contribution in [0.2, 0.25) is 0 Å². The van der Waals surface area contributed by atoms with E-state index in [4.69, 9.17) is 9.72 Å². The molecule has 7 heteroatoms. The maximum atomic E-state index is 12.0. The summed E-state index contributed by atoms with van der Waals surface area (Å²) in [5.74, 6) is -0.0863. The third kappa shape index (κ3) is 4.26. The summed E-state index contributed by atoms with van der Waals surface area (Å²) in [6.45, 7) is 5.87. The lowest BCUT2D eigenvalue weighted by molar-refractivity contribution is -0.137. The van der Waals surface area contributed by atoms with Gasteiger partial charge < -0.3 is 10.1 Å². The minimum atomic E-state index is -0.844. The lowest BCUT2D eigenvalue weighted by Crippen LogP contribution is -2.17. The van der Waals surface area contributed by atoms with Crippen LogP contribution in [0.5, 0.6) is 0 Å². The number of nitrogens with one attached hydrogen (secondary N) is 1. The Morgan fingerprint density at radius 1 is 1.11 bits per heavy atom. The van der Waals surface area contributed by atoms with E-state index in [9.17, 15) is 9.59 Å². The number of Topliss-reactive ketones (excluding diaryl/α,β-unsaturated/α-hetero) is 1. The third-order valence-electron chi connectivity index (χ3n) is 4.22. The van der Waals surface area contributed by atoms with Gasteiger partial charge in [-0.2, -0.15) is 11.3 Å². The quantitative estimate of drug-likeness (QED) is 0.359. The summed E-state index contributed by atoms with van der Waals surface area (Å²) in [7, 11) is 0. The van der Waals surface area contributed by atoms with Gasteiger partial charge in [0.1, 0.15) is 5.82 Å². The first-order valence-electron chi connectivity index (χ1n) is 9.02. The highest BCUT2D eigenvalue weighted by atomic mass is 32.1. The van der Waals surface area contributed by atoms with Crippen molar-refractivity contribution >= 4 is 34.6 Å². The second-order valence-electron chi connectivity index (χ2n) is 6.08. The Morgan fingerprint density at radius 2 is 1.86 bits per heavy atom. The van der Waals surface area contributed by atoms with Gasteiger partial charge in [-0.3, -0.25) is 4.79 Å². The van der Waals surface area contributed by atoms with E-state index in [0.29, 0.717) is 5.82 Å². The zero-order chi connectivity index (χ0) is 20.1. The van der Waals surface area contributed by atoms with E-state index in [2.05, 4.69) is 17.2 Å². The summed E-state index contributed by atoms with van der Waals surface area (Å²) in [4.78, 5) is 32.9. The van der Waals surface area contributed by atoms with E-state index in [-0.39, 0.29) is 12.2 Å². The van der Waals surface area contributed by atoms with Crippen LogP contribution in [-0.4, -0.2) is 28.3 Å². The smallest absolute Gasteiger partial charge is 0.379 e. The van der Waals surface area contributed by atoms with E-state index >= 15 is 0 Å². The van der Waals surface area contributed by atoms with Crippen LogP contribution in [0.25, 0.3) is 11.4 Å². The number of hydrogen-bond acceptors (Lipinski definition) is 7. The van der Waals surface area contributed by atoms with Crippen LogP contribution in [0.15, 0.2) is 41.1 Å². The molecule has 0 aliphatic rings. The molecule has 0 fully saturated rings. The molecule has 0 amide bonds. The molecule has 3 rings (SSSR count). The number of nitrogens with zero attached hydrogens (tertiary/aromatic N) is 2. The van der Waals surface area contributed by atoms with Crippen LogP contribution in [0.1, 0.15) is 35.5 Å². The van der Waals surface area contributed by atoms with Crippen LogP contribution < -0.4 is 5.32 Å². The Labute approximate surface area is 167 Å². The maximum Gasteiger partial charge on any atom is 0.379 e. The Morgan fingerprint density at radius 3 is 2.46 bits per heavy atom. The Balaban J connectivity index is 1.87. The summed E-state index contributed by atoms with van der Waals surface area (Å²) in [5.41, 5.74) is 4.00. The molecule has 3 aromatic rings. The van der Waals surface area contributed by atoms with Crippen molar-refractivity contribution in [1.29, 1.82) is 0 Å². The highest BCUT2D eigenvalue weighted by molar-refractivity contribution is 7.08. The number of carbonyl (C=O) groups is 2. The Bertz CT molecular complexity index is 983. The van der Waals surface area contributed by atoms with Crippen molar-refractivity contribution in [1.82, 2.24) is 9.97 Å². The van der Waals surface area contributed by atoms with Gasteiger partial charge in [-0.1, -0.05) is 6.92 Å². The number of thiophene rings is 1. The molecule has 2 aromatic heterocycles. The van der Waals surface area contributed by atoms with Gasteiger partial charge in [0.25, 0.3) is 5.78 Å². The fourth-order valence-corrected chi connectivity index (χ4v) is 3.43. The summed E-state index contributed by atoms with van der Waals surface area (Å²) in [6.07, 6.45) is 0.789. The largest absolute Gasteiger partial charge is 0.460 e. The van der Waals surface area contributed by atoms with Gasteiger partial charge in [-0.25, -0.2) is 14.8 Å². The minimum absolute atomic E-state index is 0.170. The number of ether oxygens (including phenoxy) is 1. The van der Waals surface area contributed by atoms with Crippen LogP contribution >= 0.6 is 11.3 Å². The van der Waals surface area contributed by atoms with Gasteiger partial charge in [-0.05, 0) is 56.0 Å². The molecule has 0 aliphatic carbocycles. The number of aryl methyl sites for hydroxylation is 1. The molecule has 0 spiro atoms. The van der Waals surface area contributed by atoms with E-state index in [1.54, 1.807) is 42.5 Å². The van der Waals surface area contributed by atoms with Crippen LogP contribution in [-0.2, 0) is 16.0 Å². The van der Waals surface area contributed by atoms with Crippen molar-refractivity contribution < 1.29 is 14.3 Å². The van der Waals surface area contributed by atoms with Gasteiger partial charge in [-0.15, -0.1) is 0 Å². The Kier molecular flexibility index (Phi) is 6.16. The second kappa shape index (κ2) is 8.75. The van der Waals surface area contributed by atoms with Crippen molar-refractivity contribution in [3.8, 4) is 11.4 Å². The van der Waals surface area contributed by atoms with Crippen molar-refractivity contribution in [3.63, 3.8) is 0 Å². The van der Waals surface area contributed by atoms with Crippen LogP contribution in [0.4, 0.5) is 11.5 Å². The summed E-state index contributed by atoms with van der Waals surface area (Å²) >= 11 is 1.60.